The lowest BCUT2D eigenvalue weighted by atomic mass is 9.87. The Morgan fingerprint density at radius 3 is 2.74 bits per heavy atom. The Morgan fingerprint density at radius 2 is 2.00 bits per heavy atom. The number of anilines is 1. The van der Waals surface area contributed by atoms with Crippen LogP contribution in [0.3, 0.4) is 0 Å². The second-order valence-electron chi connectivity index (χ2n) is 10.1. The van der Waals surface area contributed by atoms with Crippen molar-refractivity contribution in [3.63, 3.8) is 0 Å². The van der Waals surface area contributed by atoms with E-state index in [0.717, 1.165) is 41.9 Å². The van der Waals surface area contributed by atoms with E-state index in [4.69, 9.17) is 0 Å². The van der Waals surface area contributed by atoms with E-state index in [-0.39, 0.29) is 23.8 Å². The van der Waals surface area contributed by atoms with E-state index in [1.54, 1.807) is 23.7 Å². The molecule has 2 aromatic carbocycles. The molecule has 2 aliphatic rings. The van der Waals surface area contributed by atoms with Crippen molar-refractivity contribution in [3.8, 4) is 0 Å². The number of hydrogen-bond acceptors (Lipinski definition) is 5. The number of sulfonamides is 1. The van der Waals surface area contributed by atoms with Gasteiger partial charge in [0, 0.05) is 37.1 Å². The Hall–Kier alpha value is -3.27. The SMILES string of the molecule is Cn1ccnc1CN(C(=O)C1CC1c1ccccc1)c1ccc2c(c1)C(NS(=O)(=O)c1cccs1)CCC2. The Balaban J connectivity index is 1.32. The van der Waals surface area contributed by atoms with E-state index in [2.05, 4.69) is 27.9 Å². The summed E-state index contributed by atoms with van der Waals surface area (Å²) in [4.78, 5) is 20.2. The fourth-order valence-corrected chi connectivity index (χ4v) is 7.72. The Labute approximate surface area is 227 Å². The highest BCUT2D eigenvalue weighted by atomic mass is 32.2. The van der Waals surface area contributed by atoms with Crippen LogP contribution in [0.4, 0.5) is 5.69 Å². The van der Waals surface area contributed by atoms with Gasteiger partial charge >= 0.3 is 0 Å². The van der Waals surface area contributed by atoms with Crippen molar-refractivity contribution in [2.24, 2.45) is 13.0 Å². The lowest BCUT2D eigenvalue weighted by Crippen LogP contribution is -2.34. The monoisotopic (exact) mass is 546 g/mol. The predicted octanol–water partition coefficient (Wildman–Crippen LogP) is 5.17. The number of fused-ring (bicyclic) bond motifs is 1. The molecule has 1 saturated carbocycles. The quantitative estimate of drug-likeness (QED) is 0.330. The first-order valence-corrected chi connectivity index (χ1v) is 15.3. The van der Waals surface area contributed by atoms with Crippen LogP contribution in [-0.2, 0) is 34.8 Å². The molecular formula is C29H30N4O3S2. The summed E-state index contributed by atoms with van der Waals surface area (Å²) in [5.74, 6) is 1.01. The minimum absolute atomic E-state index is 0.0772. The first-order valence-electron chi connectivity index (χ1n) is 12.9. The van der Waals surface area contributed by atoms with E-state index in [0.29, 0.717) is 17.2 Å². The van der Waals surface area contributed by atoms with Crippen LogP contribution in [0.25, 0.3) is 0 Å². The summed E-state index contributed by atoms with van der Waals surface area (Å²) in [5, 5.41) is 1.77. The smallest absolute Gasteiger partial charge is 0.250 e. The van der Waals surface area contributed by atoms with Crippen LogP contribution in [0.2, 0.25) is 0 Å². The molecule has 2 heterocycles. The minimum Gasteiger partial charge on any atom is -0.337 e. The van der Waals surface area contributed by atoms with Crippen molar-refractivity contribution in [2.75, 3.05) is 4.90 Å². The topological polar surface area (TPSA) is 84.3 Å². The van der Waals surface area contributed by atoms with Gasteiger partial charge in [0.15, 0.2) is 0 Å². The van der Waals surface area contributed by atoms with Gasteiger partial charge in [0.1, 0.15) is 10.0 Å². The number of nitrogens with one attached hydrogen (secondary N) is 1. The number of imidazole rings is 1. The second kappa shape index (κ2) is 10.1. The maximum absolute atomic E-state index is 13.9. The van der Waals surface area contributed by atoms with Crippen LogP contribution in [0.1, 0.15) is 53.7 Å². The highest BCUT2D eigenvalue weighted by molar-refractivity contribution is 7.91. The number of nitrogens with zero attached hydrogens (tertiary/aromatic N) is 3. The zero-order valence-electron chi connectivity index (χ0n) is 21.2. The molecule has 9 heteroatoms. The van der Waals surface area contributed by atoms with Gasteiger partial charge in [0.05, 0.1) is 6.54 Å². The molecule has 6 rings (SSSR count). The maximum atomic E-state index is 13.9. The summed E-state index contributed by atoms with van der Waals surface area (Å²) >= 11 is 1.21. The van der Waals surface area contributed by atoms with E-state index in [1.165, 1.54) is 16.9 Å². The lowest BCUT2D eigenvalue weighted by Gasteiger charge is -2.29. The minimum atomic E-state index is -3.62. The lowest BCUT2D eigenvalue weighted by molar-refractivity contribution is -0.120. The van der Waals surface area contributed by atoms with Crippen molar-refractivity contribution in [2.45, 2.75) is 48.4 Å². The van der Waals surface area contributed by atoms with E-state index >= 15 is 0 Å². The Bertz CT molecular complexity index is 1550. The number of rotatable bonds is 8. The number of aryl methyl sites for hydroxylation is 2. The first kappa shape index (κ1) is 25.0. The fourth-order valence-electron chi connectivity index (χ4n) is 5.46. The van der Waals surface area contributed by atoms with Crippen LogP contribution < -0.4 is 9.62 Å². The molecule has 0 spiro atoms. The summed E-state index contributed by atoms with van der Waals surface area (Å²) in [6.45, 7) is 0.352. The van der Waals surface area contributed by atoms with E-state index < -0.39 is 10.0 Å². The third-order valence-corrected chi connectivity index (χ3v) is 10.5. The summed E-state index contributed by atoms with van der Waals surface area (Å²) < 4.78 is 31.3. The number of carbonyl (C=O) groups excluding carboxylic acids is 1. The van der Waals surface area contributed by atoms with Gasteiger partial charge in [0.25, 0.3) is 10.0 Å². The van der Waals surface area contributed by atoms with Crippen molar-refractivity contribution in [1.29, 1.82) is 0 Å². The van der Waals surface area contributed by atoms with Crippen LogP contribution in [0.5, 0.6) is 0 Å². The third-order valence-electron chi connectivity index (χ3n) is 7.63. The molecule has 1 fully saturated rings. The molecule has 4 aromatic rings. The summed E-state index contributed by atoms with van der Waals surface area (Å²) in [6.07, 6.45) is 6.95. The average Bonchev–Trinajstić information content (AvgIpc) is 3.30. The summed E-state index contributed by atoms with van der Waals surface area (Å²) in [7, 11) is -1.69. The van der Waals surface area contributed by atoms with Gasteiger partial charge < -0.3 is 9.47 Å². The number of hydrogen-bond donors (Lipinski definition) is 1. The normalized spacial score (nSPS) is 20.6. The number of amides is 1. The van der Waals surface area contributed by atoms with Crippen molar-refractivity contribution >= 4 is 33.0 Å². The van der Waals surface area contributed by atoms with Crippen molar-refractivity contribution in [3.05, 3.63) is 101 Å². The molecule has 7 nitrogen and oxygen atoms in total. The largest absolute Gasteiger partial charge is 0.337 e. The maximum Gasteiger partial charge on any atom is 0.250 e. The number of aromatic nitrogens is 2. The van der Waals surface area contributed by atoms with Gasteiger partial charge in [-0.05, 0) is 71.9 Å². The number of benzene rings is 2. The molecule has 196 valence electrons. The van der Waals surface area contributed by atoms with Crippen molar-refractivity contribution < 1.29 is 13.2 Å². The molecule has 0 bridgehead atoms. The third kappa shape index (κ3) is 4.93. The van der Waals surface area contributed by atoms with Crippen molar-refractivity contribution in [1.82, 2.24) is 14.3 Å². The van der Waals surface area contributed by atoms with Crippen LogP contribution >= 0.6 is 11.3 Å². The molecule has 1 N–H and O–H groups in total. The molecule has 1 amide bonds. The Kier molecular flexibility index (Phi) is 6.67. The molecule has 0 aliphatic heterocycles. The fraction of sp³-hybridized carbons (Fsp3) is 0.310. The highest BCUT2D eigenvalue weighted by Crippen LogP contribution is 2.49. The number of carbonyl (C=O) groups is 1. The number of thiophene rings is 1. The molecule has 38 heavy (non-hydrogen) atoms. The standard InChI is InChI=1S/C29H30N4O3S2/c1-32-15-14-30-27(32)19-33(29(34)25-18-23(25)20-7-3-2-4-8-20)22-13-12-21-9-5-10-26(24(21)17-22)31-38(35,36)28-11-6-16-37-28/h2-4,6-8,11-17,23,25-26,31H,5,9-10,18-19H2,1H3. The predicted molar refractivity (Wildman–Crippen MR) is 148 cm³/mol. The highest BCUT2D eigenvalue weighted by Gasteiger charge is 2.46. The summed E-state index contributed by atoms with van der Waals surface area (Å²) in [6, 6.07) is 19.3. The zero-order chi connectivity index (χ0) is 26.3. The van der Waals surface area contributed by atoms with Crippen LogP contribution in [-0.4, -0.2) is 23.9 Å². The molecular weight excluding hydrogens is 516 g/mol. The molecule has 0 saturated heterocycles. The van der Waals surface area contributed by atoms with Gasteiger partial charge in [-0.15, -0.1) is 11.3 Å². The van der Waals surface area contributed by atoms with Crippen LogP contribution in [0, 0.1) is 5.92 Å². The molecule has 3 unspecified atom stereocenters. The summed E-state index contributed by atoms with van der Waals surface area (Å²) in [5.41, 5.74) is 4.03. The average molecular weight is 547 g/mol. The molecule has 0 radical (unpaired) electrons. The second-order valence-corrected chi connectivity index (χ2v) is 13.0. The van der Waals surface area contributed by atoms with Gasteiger partial charge in [0.2, 0.25) is 5.91 Å². The van der Waals surface area contributed by atoms with Gasteiger partial charge in [-0.2, -0.15) is 0 Å². The van der Waals surface area contributed by atoms with Gasteiger partial charge in [-0.1, -0.05) is 42.5 Å². The van der Waals surface area contributed by atoms with E-state index in [1.807, 2.05) is 53.0 Å². The molecule has 2 aromatic heterocycles. The first-order chi connectivity index (χ1) is 18.4. The van der Waals surface area contributed by atoms with Gasteiger partial charge in [-0.25, -0.2) is 18.1 Å². The molecule has 3 atom stereocenters. The van der Waals surface area contributed by atoms with Crippen LogP contribution in [0.15, 0.2) is 82.6 Å². The van der Waals surface area contributed by atoms with Gasteiger partial charge in [-0.3, -0.25) is 4.79 Å². The molecule has 2 aliphatic carbocycles. The Morgan fingerprint density at radius 1 is 1.16 bits per heavy atom. The van der Waals surface area contributed by atoms with E-state index in [9.17, 15) is 13.2 Å². The zero-order valence-corrected chi connectivity index (χ0v) is 22.8.